The molecule has 2 aromatic heterocycles. The van der Waals surface area contributed by atoms with E-state index in [0.29, 0.717) is 12.4 Å². The number of aliphatic hydroxyl groups excluding tert-OH is 1. The van der Waals surface area contributed by atoms with Crippen LogP contribution in [0.1, 0.15) is 48.5 Å². The highest BCUT2D eigenvalue weighted by atomic mass is 32.1. The fourth-order valence-corrected chi connectivity index (χ4v) is 3.95. The van der Waals surface area contributed by atoms with Crippen LogP contribution in [0.5, 0.6) is 0 Å². The largest absolute Gasteiger partial charge is 0.385 e. The molecule has 5 nitrogen and oxygen atoms in total. The van der Waals surface area contributed by atoms with Crippen LogP contribution in [0.25, 0.3) is 11.0 Å². The number of nitrogens with zero attached hydrogens (tertiary/aromatic N) is 3. The number of thiazole rings is 1. The van der Waals surface area contributed by atoms with E-state index < -0.39 is 6.10 Å². The SMILES string of the molecule is CC(O)c1nc2ccccc2n1Cc1csc(C2CCCO2)n1. The molecular weight excluding hydrogens is 310 g/mol. The van der Waals surface area contributed by atoms with Crippen LogP contribution in [0.15, 0.2) is 29.6 Å². The second-order valence-corrected chi connectivity index (χ2v) is 6.79. The number of aliphatic hydroxyl groups is 1. The molecule has 1 N–H and O–H groups in total. The Hall–Kier alpha value is -1.76. The smallest absolute Gasteiger partial charge is 0.138 e. The zero-order valence-electron chi connectivity index (χ0n) is 13.0. The minimum atomic E-state index is -0.612. The van der Waals surface area contributed by atoms with Gasteiger partial charge in [0, 0.05) is 12.0 Å². The Morgan fingerprint density at radius 1 is 1.39 bits per heavy atom. The molecule has 23 heavy (non-hydrogen) atoms. The van der Waals surface area contributed by atoms with Gasteiger partial charge in [-0.3, -0.25) is 0 Å². The molecule has 2 unspecified atom stereocenters. The summed E-state index contributed by atoms with van der Waals surface area (Å²) in [4.78, 5) is 9.29. The third-order valence-electron chi connectivity index (χ3n) is 4.15. The summed E-state index contributed by atoms with van der Waals surface area (Å²) in [6.45, 7) is 3.19. The topological polar surface area (TPSA) is 60.2 Å². The van der Waals surface area contributed by atoms with Gasteiger partial charge in [0.2, 0.25) is 0 Å². The van der Waals surface area contributed by atoms with E-state index in [1.807, 2.05) is 28.8 Å². The van der Waals surface area contributed by atoms with Gasteiger partial charge >= 0.3 is 0 Å². The van der Waals surface area contributed by atoms with E-state index in [9.17, 15) is 5.11 Å². The lowest BCUT2D eigenvalue weighted by Crippen LogP contribution is -2.08. The van der Waals surface area contributed by atoms with E-state index in [4.69, 9.17) is 9.72 Å². The van der Waals surface area contributed by atoms with Crippen LogP contribution in [0.4, 0.5) is 0 Å². The molecule has 3 heterocycles. The van der Waals surface area contributed by atoms with Gasteiger partial charge in [0.25, 0.3) is 0 Å². The number of para-hydroxylation sites is 2. The molecular formula is C17H19N3O2S. The van der Waals surface area contributed by atoms with Gasteiger partial charge in [0.15, 0.2) is 0 Å². The first kappa shape index (κ1) is 14.8. The third-order valence-corrected chi connectivity index (χ3v) is 5.14. The van der Waals surface area contributed by atoms with Crippen molar-refractivity contribution in [3.8, 4) is 0 Å². The summed E-state index contributed by atoms with van der Waals surface area (Å²) >= 11 is 1.66. The fourth-order valence-electron chi connectivity index (χ4n) is 3.06. The van der Waals surface area contributed by atoms with Crippen molar-refractivity contribution in [2.75, 3.05) is 6.61 Å². The normalized spacial score (nSPS) is 19.5. The summed E-state index contributed by atoms with van der Waals surface area (Å²) in [5.74, 6) is 0.679. The first-order valence-corrected chi connectivity index (χ1v) is 8.79. The maximum absolute atomic E-state index is 10.0. The standard InChI is InChI=1S/C17H19N3O2S/c1-11(21)16-19-13-5-2-3-6-14(13)20(16)9-12-10-23-17(18-12)15-7-4-8-22-15/h2-3,5-6,10-11,15,21H,4,7-9H2,1H3. The predicted molar refractivity (Wildman–Crippen MR) is 89.5 cm³/mol. The molecule has 3 aromatic rings. The van der Waals surface area contributed by atoms with Crippen molar-refractivity contribution in [2.45, 2.75) is 38.5 Å². The molecule has 0 radical (unpaired) electrons. The zero-order chi connectivity index (χ0) is 15.8. The van der Waals surface area contributed by atoms with Gasteiger partial charge in [-0.2, -0.15) is 0 Å². The van der Waals surface area contributed by atoms with Crippen molar-refractivity contribution in [3.05, 3.63) is 46.2 Å². The van der Waals surface area contributed by atoms with Gasteiger partial charge in [-0.25, -0.2) is 9.97 Å². The fraction of sp³-hybridized carbons (Fsp3) is 0.412. The van der Waals surface area contributed by atoms with Crippen LogP contribution >= 0.6 is 11.3 Å². The maximum Gasteiger partial charge on any atom is 0.138 e. The second-order valence-electron chi connectivity index (χ2n) is 5.90. The summed E-state index contributed by atoms with van der Waals surface area (Å²) in [7, 11) is 0. The molecule has 1 saturated heterocycles. The van der Waals surface area contributed by atoms with Crippen LogP contribution < -0.4 is 0 Å². The zero-order valence-corrected chi connectivity index (χ0v) is 13.8. The molecule has 1 aromatic carbocycles. The number of aromatic nitrogens is 3. The van der Waals surface area contributed by atoms with Crippen LogP contribution in [0.3, 0.4) is 0 Å². The average molecular weight is 329 g/mol. The van der Waals surface area contributed by atoms with E-state index in [0.717, 1.165) is 41.2 Å². The number of rotatable bonds is 4. The molecule has 4 rings (SSSR count). The lowest BCUT2D eigenvalue weighted by molar-refractivity contribution is 0.111. The maximum atomic E-state index is 10.0. The van der Waals surface area contributed by atoms with Crippen molar-refractivity contribution in [1.29, 1.82) is 0 Å². The van der Waals surface area contributed by atoms with Gasteiger partial charge in [0.05, 0.1) is 23.3 Å². The first-order chi connectivity index (χ1) is 11.2. The number of ether oxygens (including phenoxy) is 1. The molecule has 1 fully saturated rings. The van der Waals surface area contributed by atoms with Crippen molar-refractivity contribution >= 4 is 22.4 Å². The van der Waals surface area contributed by atoms with Gasteiger partial charge in [-0.05, 0) is 31.9 Å². The highest BCUT2D eigenvalue weighted by molar-refractivity contribution is 7.09. The van der Waals surface area contributed by atoms with Crippen LogP contribution in [-0.4, -0.2) is 26.2 Å². The Bertz CT molecular complexity index is 818. The van der Waals surface area contributed by atoms with E-state index in [1.54, 1.807) is 18.3 Å². The predicted octanol–water partition coefficient (Wildman–Crippen LogP) is 3.45. The second kappa shape index (κ2) is 6.03. The first-order valence-electron chi connectivity index (χ1n) is 7.91. The molecule has 2 atom stereocenters. The quantitative estimate of drug-likeness (QED) is 0.796. The number of hydrogen-bond donors (Lipinski definition) is 1. The Balaban J connectivity index is 1.68. The van der Waals surface area contributed by atoms with E-state index in [-0.39, 0.29) is 6.10 Å². The summed E-state index contributed by atoms with van der Waals surface area (Å²) in [5, 5.41) is 13.2. The van der Waals surface area contributed by atoms with E-state index in [2.05, 4.69) is 10.4 Å². The Kier molecular flexibility index (Phi) is 3.88. The van der Waals surface area contributed by atoms with Gasteiger partial charge < -0.3 is 14.4 Å². The number of imidazole rings is 1. The van der Waals surface area contributed by atoms with E-state index >= 15 is 0 Å². The molecule has 1 aliphatic rings. The minimum absolute atomic E-state index is 0.157. The summed E-state index contributed by atoms with van der Waals surface area (Å²) in [5.41, 5.74) is 2.92. The molecule has 0 saturated carbocycles. The van der Waals surface area contributed by atoms with Crippen molar-refractivity contribution < 1.29 is 9.84 Å². The Morgan fingerprint density at radius 3 is 3.04 bits per heavy atom. The Labute approximate surface area is 138 Å². The van der Waals surface area contributed by atoms with E-state index in [1.165, 1.54) is 0 Å². The molecule has 0 aliphatic carbocycles. The summed E-state index contributed by atoms with van der Waals surface area (Å²) in [6.07, 6.45) is 1.71. The van der Waals surface area contributed by atoms with Gasteiger partial charge in [-0.15, -0.1) is 11.3 Å². The highest BCUT2D eigenvalue weighted by Gasteiger charge is 2.22. The third kappa shape index (κ3) is 2.78. The lowest BCUT2D eigenvalue weighted by atomic mass is 10.2. The molecule has 0 bridgehead atoms. The lowest BCUT2D eigenvalue weighted by Gasteiger charge is -2.09. The monoisotopic (exact) mass is 329 g/mol. The average Bonchev–Trinajstić information content (AvgIpc) is 3.26. The van der Waals surface area contributed by atoms with Crippen molar-refractivity contribution in [1.82, 2.24) is 14.5 Å². The molecule has 6 heteroatoms. The van der Waals surface area contributed by atoms with Crippen molar-refractivity contribution in [3.63, 3.8) is 0 Å². The highest BCUT2D eigenvalue weighted by Crippen LogP contribution is 2.31. The number of fused-ring (bicyclic) bond motifs is 1. The minimum Gasteiger partial charge on any atom is -0.385 e. The number of hydrogen-bond acceptors (Lipinski definition) is 5. The van der Waals surface area contributed by atoms with Crippen LogP contribution in [-0.2, 0) is 11.3 Å². The molecule has 0 amide bonds. The molecule has 1 aliphatic heterocycles. The molecule has 120 valence electrons. The van der Waals surface area contributed by atoms with Crippen molar-refractivity contribution in [2.24, 2.45) is 0 Å². The van der Waals surface area contributed by atoms with Crippen LogP contribution in [0, 0.1) is 0 Å². The molecule has 0 spiro atoms. The summed E-state index contributed by atoms with van der Waals surface area (Å²) in [6, 6.07) is 7.95. The van der Waals surface area contributed by atoms with Crippen LogP contribution in [0.2, 0.25) is 0 Å². The van der Waals surface area contributed by atoms with Gasteiger partial charge in [0.1, 0.15) is 23.0 Å². The Morgan fingerprint density at radius 2 is 2.26 bits per heavy atom. The summed E-state index contributed by atoms with van der Waals surface area (Å²) < 4.78 is 7.76. The number of benzene rings is 1. The van der Waals surface area contributed by atoms with Gasteiger partial charge in [-0.1, -0.05) is 12.1 Å².